The maximum atomic E-state index is 11.3. The topological polar surface area (TPSA) is 74.6 Å². The number of rotatable bonds is 10. The quantitative estimate of drug-likeness (QED) is 0.513. The SMILES string of the molecule is COC(=O)c1cnn(CCOCCOCC[C@@H]2CCCNC2)c1. The molecule has 1 fully saturated rings. The van der Waals surface area contributed by atoms with Crippen molar-refractivity contribution < 1.29 is 19.0 Å². The summed E-state index contributed by atoms with van der Waals surface area (Å²) in [4.78, 5) is 11.3. The van der Waals surface area contributed by atoms with Crippen LogP contribution >= 0.6 is 0 Å². The minimum absolute atomic E-state index is 0.376. The van der Waals surface area contributed by atoms with E-state index in [-0.39, 0.29) is 5.97 Å². The Kier molecular flexibility index (Phi) is 8.06. The molecule has 130 valence electrons. The summed E-state index contributed by atoms with van der Waals surface area (Å²) in [6.07, 6.45) is 6.86. The Morgan fingerprint density at radius 2 is 2.17 bits per heavy atom. The molecule has 0 saturated carbocycles. The summed E-state index contributed by atoms with van der Waals surface area (Å²) in [6.45, 7) is 5.42. The maximum Gasteiger partial charge on any atom is 0.341 e. The Morgan fingerprint density at radius 3 is 2.91 bits per heavy atom. The van der Waals surface area contributed by atoms with Gasteiger partial charge >= 0.3 is 5.97 Å². The minimum Gasteiger partial charge on any atom is -0.465 e. The first-order valence-electron chi connectivity index (χ1n) is 8.26. The first kappa shape index (κ1) is 17.9. The summed E-state index contributed by atoms with van der Waals surface area (Å²) in [6, 6.07) is 0. The number of nitrogens with zero attached hydrogens (tertiary/aromatic N) is 2. The Morgan fingerprint density at radius 1 is 1.35 bits per heavy atom. The van der Waals surface area contributed by atoms with E-state index in [4.69, 9.17) is 9.47 Å². The molecule has 0 radical (unpaired) electrons. The number of ether oxygens (including phenoxy) is 3. The minimum atomic E-state index is -0.376. The predicted molar refractivity (Wildman–Crippen MR) is 85.4 cm³/mol. The molecule has 0 bridgehead atoms. The van der Waals surface area contributed by atoms with E-state index in [2.05, 4.69) is 15.2 Å². The van der Waals surface area contributed by atoms with Crippen molar-refractivity contribution in [1.29, 1.82) is 0 Å². The van der Waals surface area contributed by atoms with E-state index in [9.17, 15) is 4.79 Å². The highest BCUT2D eigenvalue weighted by Crippen LogP contribution is 2.13. The highest BCUT2D eigenvalue weighted by molar-refractivity contribution is 5.88. The lowest BCUT2D eigenvalue weighted by Crippen LogP contribution is -2.30. The molecule has 7 nitrogen and oxygen atoms in total. The van der Waals surface area contributed by atoms with Gasteiger partial charge in [-0.3, -0.25) is 4.68 Å². The summed E-state index contributed by atoms with van der Waals surface area (Å²) in [5.41, 5.74) is 0.452. The number of carbonyl (C=O) groups is 1. The number of carbonyl (C=O) groups excluding carboxylic acids is 1. The smallest absolute Gasteiger partial charge is 0.341 e. The van der Waals surface area contributed by atoms with Crippen molar-refractivity contribution in [2.45, 2.75) is 25.8 Å². The van der Waals surface area contributed by atoms with Crippen LogP contribution in [-0.4, -0.2) is 62.4 Å². The maximum absolute atomic E-state index is 11.3. The van der Waals surface area contributed by atoms with Crippen LogP contribution in [-0.2, 0) is 20.8 Å². The number of aromatic nitrogens is 2. The Balaban J connectivity index is 1.44. The van der Waals surface area contributed by atoms with Crippen LogP contribution in [0.4, 0.5) is 0 Å². The number of piperidine rings is 1. The van der Waals surface area contributed by atoms with Gasteiger partial charge in [-0.15, -0.1) is 0 Å². The van der Waals surface area contributed by atoms with Crippen molar-refractivity contribution in [3.05, 3.63) is 18.0 Å². The molecular formula is C16H27N3O4. The van der Waals surface area contributed by atoms with Gasteiger partial charge in [0.15, 0.2) is 0 Å². The summed E-state index contributed by atoms with van der Waals surface area (Å²) in [5.74, 6) is 0.382. The molecule has 1 atom stereocenters. The molecule has 0 amide bonds. The van der Waals surface area contributed by atoms with E-state index in [0.29, 0.717) is 31.9 Å². The van der Waals surface area contributed by atoms with Gasteiger partial charge in [0.25, 0.3) is 0 Å². The lowest BCUT2D eigenvalue weighted by Gasteiger charge is -2.22. The van der Waals surface area contributed by atoms with Gasteiger partial charge in [0.05, 0.1) is 45.2 Å². The van der Waals surface area contributed by atoms with Crippen molar-refractivity contribution in [3.8, 4) is 0 Å². The van der Waals surface area contributed by atoms with Gasteiger partial charge < -0.3 is 19.5 Å². The summed E-state index contributed by atoms with van der Waals surface area (Å²) in [7, 11) is 1.35. The highest BCUT2D eigenvalue weighted by atomic mass is 16.5. The van der Waals surface area contributed by atoms with E-state index in [0.717, 1.165) is 32.0 Å². The lowest BCUT2D eigenvalue weighted by atomic mass is 9.97. The normalized spacial score (nSPS) is 18.0. The van der Waals surface area contributed by atoms with Crippen LogP contribution in [0, 0.1) is 5.92 Å². The van der Waals surface area contributed by atoms with Gasteiger partial charge in [-0.05, 0) is 38.3 Å². The zero-order chi connectivity index (χ0) is 16.3. The van der Waals surface area contributed by atoms with E-state index in [1.165, 1.54) is 26.1 Å². The molecule has 2 rings (SSSR count). The molecule has 1 aromatic heterocycles. The zero-order valence-electron chi connectivity index (χ0n) is 13.8. The van der Waals surface area contributed by atoms with Crippen LogP contribution in [0.25, 0.3) is 0 Å². The Bertz CT molecular complexity index is 458. The van der Waals surface area contributed by atoms with E-state index in [1.807, 2.05) is 0 Å². The molecule has 0 aliphatic carbocycles. The molecular weight excluding hydrogens is 298 g/mol. The van der Waals surface area contributed by atoms with Gasteiger partial charge in [0.2, 0.25) is 0 Å². The second-order valence-electron chi connectivity index (χ2n) is 5.71. The van der Waals surface area contributed by atoms with Crippen molar-refractivity contribution in [3.63, 3.8) is 0 Å². The predicted octanol–water partition coefficient (Wildman–Crippen LogP) is 1.09. The van der Waals surface area contributed by atoms with Gasteiger partial charge in [-0.25, -0.2) is 4.79 Å². The number of methoxy groups -OCH3 is 1. The van der Waals surface area contributed by atoms with Crippen LogP contribution in [0.15, 0.2) is 12.4 Å². The van der Waals surface area contributed by atoms with Gasteiger partial charge in [-0.1, -0.05) is 0 Å². The van der Waals surface area contributed by atoms with Gasteiger partial charge in [0.1, 0.15) is 0 Å². The Labute approximate surface area is 137 Å². The first-order valence-corrected chi connectivity index (χ1v) is 8.26. The summed E-state index contributed by atoms with van der Waals surface area (Å²) in [5, 5.41) is 7.50. The molecule has 0 aromatic carbocycles. The van der Waals surface area contributed by atoms with Crippen LogP contribution in [0.1, 0.15) is 29.6 Å². The first-order chi connectivity index (χ1) is 11.3. The van der Waals surface area contributed by atoms with E-state index in [1.54, 1.807) is 10.9 Å². The third-order valence-electron chi connectivity index (χ3n) is 3.96. The average molecular weight is 325 g/mol. The van der Waals surface area contributed by atoms with E-state index < -0.39 is 0 Å². The van der Waals surface area contributed by atoms with Gasteiger partial charge in [-0.2, -0.15) is 5.10 Å². The second-order valence-corrected chi connectivity index (χ2v) is 5.71. The van der Waals surface area contributed by atoms with E-state index >= 15 is 0 Å². The van der Waals surface area contributed by atoms with Crippen LogP contribution in [0.5, 0.6) is 0 Å². The second kappa shape index (κ2) is 10.4. The lowest BCUT2D eigenvalue weighted by molar-refractivity contribution is 0.0384. The van der Waals surface area contributed by atoms with Gasteiger partial charge in [0, 0.05) is 12.8 Å². The number of nitrogens with one attached hydrogen (secondary N) is 1. The van der Waals surface area contributed by atoms with Crippen LogP contribution in [0.3, 0.4) is 0 Å². The molecule has 1 aromatic rings. The summed E-state index contributed by atoms with van der Waals surface area (Å²) < 4.78 is 17.4. The number of esters is 1. The van der Waals surface area contributed by atoms with Crippen molar-refractivity contribution in [1.82, 2.24) is 15.1 Å². The van der Waals surface area contributed by atoms with Crippen molar-refractivity contribution in [2.75, 3.05) is 46.6 Å². The Hall–Kier alpha value is -1.44. The third kappa shape index (κ3) is 6.68. The fraction of sp³-hybridized carbons (Fsp3) is 0.750. The molecule has 23 heavy (non-hydrogen) atoms. The average Bonchev–Trinajstić information content (AvgIpc) is 3.06. The third-order valence-corrected chi connectivity index (χ3v) is 3.96. The molecule has 2 heterocycles. The fourth-order valence-corrected chi connectivity index (χ4v) is 2.61. The highest BCUT2D eigenvalue weighted by Gasteiger charge is 2.12. The summed E-state index contributed by atoms with van der Waals surface area (Å²) >= 11 is 0. The molecule has 1 aliphatic rings. The number of hydrogen-bond donors (Lipinski definition) is 1. The molecule has 1 N–H and O–H groups in total. The molecule has 7 heteroatoms. The van der Waals surface area contributed by atoms with Crippen LogP contribution < -0.4 is 5.32 Å². The molecule has 1 aliphatic heterocycles. The number of hydrogen-bond acceptors (Lipinski definition) is 6. The zero-order valence-corrected chi connectivity index (χ0v) is 13.8. The van der Waals surface area contributed by atoms with Crippen molar-refractivity contribution >= 4 is 5.97 Å². The fourth-order valence-electron chi connectivity index (χ4n) is 2.61. The van der Waals surface area contributed by atoms with Crippen LogP contribution in [0.2, 0.25) is 0 Å². The molecule has 1 saturated heterocycles. The molecule has 0 unspecified atom stereocenters. The largest absolute Gasteiger partial charge is 0.465 e. The van der Waals surface area contributed by atoms with Crippen molar-refractivity contribution in [2.24, 2.45) is 5.92 Å². The monoisotopic (exact) mass is 325 g/mol. The molecule has 0 spiro atoms. The standard InChI is InChI=1S/C16H27N3O4/c1-21-16(20)15-12-18-19(13-15)6-8-23-10-9-22-7-4-14-3-2-5-17-11-14/h12-14,17H,2-11H2,1H3/t14-/m0/s1.